The highest BCUT2D eigenvalue weighted by Crippen LogP contribution is 2.36. The van der Waals surface area contributed by atoms with Crippen molar-refractivity contribution in [1.82, 2.24) is 9.55 Å². The second kappa shape index (κ2) is 6.89. The number of aryl methyl sites for hydroxylation is 1. The summed E-state index contributed by atoms with van der Waals surface area (Å²) in [6.07, 6.45) is 5.30. The highest BCUT2D eigenvalue weighted by molar-refractivity contribution is 8.19. The van der Waals surface area contributed by atoms with Gasteiger partial charge in [0.1, 0.15) is 0 Å². The van der Waals surface area contributed by atoms with Crippen LogP contribution in [0.4, 0.5) is 10.5 Å². The van der Waals surface area contributed by atoms with Gasteiger partial charge >= 0.3 is 0 Å². The third kappa shape index (κ3) is 3.08. The van der Waals surface area contributed by atoms with Crippen molar-refractivity contribution < 1.29 is 9.59 Å². The van der Waals surface area contributed by atoms with Crippen LogP contribution in [0.3, 0.4) is 0 Å². The molecule has 1 fully saturated rings. The number of rotatable bonds is 3. The van der Waals surface area contributed by atoms with Gasteiger partial charge in [-0.25, -0.2) is 4.90 Å². The van der Waals surface area contributed by atoms with E-state index in [-0.39, 0.29) is 11.1 Å². The molecule has 5 nitrogen and oxygen atoms in total. The van der Waals surface area contributed by atoms with Crippen LogP contribution >= 0.6 is 11.8 Å². The van der Waals surface area contributed by atoms with Crippen LogP contribution in [-0.4, -0.2) is 20.7 Å². The van der Waals surface area contributed by atoms with Crippen LogP contribution in [0, 0.1) is 13.8 Å². The normalized spacial score (nSPS) is 15.8. The first-order valence-electron chi connectivity index (χ1n) is 8.48. The number of carbonyl (C=O) groups excluding carboxylic acids is 2. The van der Waals surface area contributed by atoms with Crippen molar-refractivity contribution in [3.05, 3.63) is 82.8 Å². The summed E-state index contributed by atoms with van der Waals surface area (Å²) in [4.78, 5) is 30.9. The Kier molecular flexibility index (Phi) is 4.41. The van der Waals surface area contributed by atoms with Gasteiger partial charge in [0.15, 0.2) is 0 Å². The second-order valence-electron chi connectivity index (χ2n) is 6.22. The first-order valence-corrected chi connectivity index (χ1v) is 9.30. The number of carbonyl (C=O) groups is 2. The van der Waals surface area contributed by atoms with Gasteiger partial charge in [0.2, 0.25) is 0 Å². The number of benzene rings is 1. The summed E-state index contributed by atoms with van der Waals surface area (Å²) in [6.45, 7) is 4.02. The predicted molar refractivity (Wildman–Crippen MR) is 108 cm³/mol. The number of anilines is 1. The van der Waals surface area contributed by atoms with Crippen LogP contribution in [0.25, 0.3) is 11.8 Å². The number of amides is 2. The van der Waals surface area contributed by atoms with Crippen molar-refractivity contribution in [2.24, 2.45) is 0 Å². The van der Waals surface area contributed by atoms with Gasteiger partial charge in [-0.3, -0.25) is 14.6 Å². The number of imide groups is 1. The average molecular weight is 375 g/mol. The minimum atomic E-state index is -0.287. The summed E-state index contributed by atoms with van der Waals surface area (Å²) >= 11 is 0.970. The van der Waals surface area contributed by atoms with E-state index in [1.807, 2.05) is 50.2 Å². The first-order chi connectivity index (χ1) is 13.1. The quantitative estimate of drug-likeness (QED) is 0.621. The van der Waals surface area contributed by atoms with Crippen LogP contribution in [0.1, 0.15) is 17.0 Å². The molecule has 27 heavy (non-hydrogen) atoms. The molecular formula is C21H17N3O2S. The molecule has 1 saturated heterocycles. The molecule has 1 aromatic carbocycles. The molecule has 3 aromatic rings. The highest BCUT2D eigenvalue weighted by atomic mass is 32.2. The third-order valence-electron chi connectivity index (χ3n) is 4.49. The Morgan fingerprint density at radius 3 is 2.37 bits per heavy atom. The maximum Gasteiger partial charge on any atom is 0.298 e. The molecule has 2 amide bonds. The Morgan fingerprint density at radius 1 is 0.963 bits per heavy atom. The predicted octanol–water partition coefficient (Wildman–Crippen LogP) is 4.73. The van der Waals surface area contributed by atoms with Crippen molar-refractivity contribution in [2.45, 2.75) is 13.8 Å². The lowest BCUT2D eigenvalue weighted by atomic mass is 10.2. The standard InChI is InChI=1S/C21H17N3O2S/c1-14-12-16(15(2)23(14)18-8-10-22-11-9-18)13-19-20(25)24(21(26)27-19)17-6-4-3-5-7-17/h3-13H,1-2H3. The summed E-state index contributed by atoms with van der Waals surface area (Å²) in [7, 11) is 0. The molecule has 0 N–H and O–H groups in total. The molecule has 0 atom stereocenters. The van der Waals surface area contributed by atoms with E-state index in [0.29, 0.717) is 10.6 Å². The van der Waals surface area contributed by atoms with Gasteiger partial charge in [-0.05, 0) is 67.6 Å². The van der Waals surface area contributed by atoms with Gasteiger partial charge in [-0.15, -0.1) is 0 Å². The molecule has 134 valence electrons. The van der Waals surface area contributed by atoms with Crippen molar-refractivity contribution in [2.75, 3.05) is 4.90 Å². The molecule has 1 aliphatic rings. The van der Waals surface area contributed by atoms with Gasteiger partial charge < -0.3 is 4.57 Å². The molecule has 4 rings (SSSR count). The molecule has 0 saturated carbocycles. The van der Waals surface area contributed by atoms with Crippen LogP contribution < -0.4 is 4.90 Å². The topological polar surface area (TPSA) is 55.2 Å². The Labute approximate surface area is 161 Å². The van der Waals surface area contributed by atoms with Gasteiger partial charge in [-0.2, -0.15) is 0 Å². The van der Waals surface area contributed by atoms with Crippen LogP contribution in [-0.2, 0) is 4.79 Å². The Hall–Kier alpha value is -3.12. The molecule has 6 heteroatoms. The van der Waals surface area contributed by atoms with Gasteiger partial charge in [-0.1, -0.05) is 18.2 Å². The van der Waals surface area contributed by atoms with Crippen molar-refractivity contribution in [3.63, 3.8) is 0 Å². The monoisotopic (exact) mass is 375 g/mol. The molecule has 0 unspecified atom stereocenters. The lowest BCUT2D eigenvalue weighted by Crippen LogP contribution is -2.27. The first kappa shape index (κ1) is 17.3. The minimum Gasteiger partial charge on any atom is -0.318 e. The van der Waals surface area contributed by atoms with E-state index in [1.165, 1.54) is 4.90 Å². The van der Waals surface area contributed by atoms with E-state index in [9.17, 15) is 9.59 Å². The molecule has 0 radical (unpaired) electrons. The molecule has 0 spiro atoms. The zero-order chi connectivity index (χ0) is 19.0. The number of thioether (sulfide) groups is 1. The van der Waals surface area contributed by atoms with Gasteiger partial charge in [0.05, 0.1) is 10.6 Å². The van der Waals surface area contributed by atoms with Crippen LogP contribution in [0.2, 0.25) is 0 Å². The van der Waals surface area contributed by atoms with Crippen molar-refractivity contribution >= 4 is 34.7 Å². The molecule has 1 aliphatic heterocycles. The lowest BCUT2D eigenvalue weighted by Gasteiger charge is -2.11. The third-order valence-corrected chi connectivity index (χ3v) is 5.36. The number of aromatic nitrogens is 2. The Bertz CT molecular complexity index is 1060. The fraction of sp³-hybridized carbons (Fsp3) is 0.0952. The van der Waals surface area contributed by atoms with E-state index in [0.717, 1.165) is 34.4 Å². The zero-order valence-electron chi connectivity index (χ0n) is 14.9. The maximum atomic E-state index is 12.8. The van der Waals surface area contributed by atoms with E-state index >= 15 is 0 Å². The second-order valence-corrected chi connectivity index (χ2v) is 7.21. The number of hydrogen-bond acceptors (Lipinski definition) is 4. The number of nitrogens with zero attached hydrogens (tertiary/aromatic N) is 3. The molecule has 0 bridgehead atoms. The smallest absolute Gasteiger partial charge is 0.298 e. The van der Waals surface area contributed by atoms with Crippen molar-refractivity contribution in [1.29, 1.82) is 0 Å². The van der Waals surface area contributed by atoms with Gasteiger partial charge in [0.25, 0.3) is 11.1 Å². The van der Waals surface area contributed by atoms with Crippen LogP contribution in [0.15, 0.2) is 65.8 Å². The Balaban J connectivity index is 1.71. The zero-order valence-corrected chi connectivity index (χ0v) is 15.7. The van der Waals surface area contributed by atoms with Crippen LogP contribution in [0.5, 0.6) is 0 Å². The maximum absolute atomic E-state index is 12.8. The van der Waals surface area contributed by atoms with Gasteiger partial charge in [0, 0.05) is 29.5 Å². The summed E-state index contributed by atoms with van der Waals surface area (Å²) in [5, 5.41) is -0.277. The molecule has 0 aliphatic carbocycles. The summed E-state index contributed by atoms with van der Waals surface area (Å²) in [6, 6.07) is 14.9. The SMILES string of the molecule is Cc1cc(C=C2SC(=O)N(c3ccccc3)C2=O)c(C)n1-c1ccncc1. The average Bonchev–Trinajstić information content (AvgIpc) is 3.11. The van der Waals surface area contributed by atoms with E-state index < -0.39 is 0 Å². The summed E-state index contributed by atoms with van der Waals surface area (Å²) in [5.41, 5.74) is 4.57. The molecular weight excluding hydrogens is 358 g/mol. The van der Waals surface area contributed by atoms with E-state index in [4.69, 9.17) is 0 Å². The number of hydrogen-bond donors (Lipinski definition) is 0. The summed E-state index contributed by atoms with van der Waals surface area (Å²) in [5.74, 6) is -0.287. The largest absolute Gasteiger partial charge is 0.318 e. The van der Waals surface area contributed by atoms with Crippen molar-refractivity contribution in [3.8, 4) is 5.69 Å². The number of pyridine rings is 1. The fourth-order valence-electron chi connectivity index (χ4n) is 3.23. The number of para-hydroxylation sites is 1. The lowest BCUT2D eigenvalue weighted by molar-refractivity contribution is -0.113. The van der Waals surface area contributed by atoms with E-state index in [1.54, 1.807) is 30.6 Å². The molecule has 2 aromatic heterocycles. The fourth-order valence-corrected chi connectivity index (χ4v) is 4.07. The minimum absolute atomic E-state index is 0.277. The van der Waals surface area contributed by atoms with E-state index in [2.05, 4.69) is 9.55 Å². The molecule has 3 heterocycles. The Morgan fingerprint density at radius 2 is 1.67 bits per heavy atom. The highest BCUT2D eigenvalue weighted by Gasteiger charge is 2.36. The summed E-state index contributed by atoms with van der Waals surface area (Å²) < 4.78 is 2.11.